The Morgan fingerprint density at radius 1 is 1.07 bits per heavy atom. The van der Waals surface area contributed by atoms with Gasteiger partial charge in [0.25, 0.3) is 0 Å². The second kappa shape index (κ2) is 6.89. The van der Waals surface area contributed by atoms with Crippen molar-refractivity contribution < 1.29 is 8.42 Å². The highest BCUT2D eigenvalue weighted by atomic mass is 32.2. The van der Waals surface area contributed by atoms with Crippen LogP contribution >= 0.6 is 11.3 Å². The molecule has 0 aliphatic heterocycles. The fraction of sp³-hybridized carbons (Fsp3) is 0.350. The molecule has 7 heteroatoms. The van der Waals surface area contributed by atoms with Crippen molar-refractivity contribution in [1.82, 2.24) is 9.29 Å². The Bertz CT molecular complexity index is 1180. The van der Waals surface area contributed by atoms with E-state index in [1.54, 1.807) is 25.2 Å². The number of sulfonamides is 1. The Kier molecular flexibility index (Phi) is 4.70. The van der Waals surface area contributed by atoms with Crippen LogP contribution in [0.3, 0.4) is 0 Å². The molecule has 0 saturated heterocycles. The van der Waals surface area contributed by atoms with Crippen LogP contribution in [-0.4, -0.2) is 13.0 Å². The summed E-state index contributed by atoms with van der Waals surface area (Å²) in [4.78, 5) is 11.9. The second-order valence-electron chi connectivity index (χ2n) is 7.13. The van der Waals surface area contributed by atoms with Gasteiger partial charge < -0.3 is 4.57 Å². The van der Waals surface area contributed by atoms with Crippen molar-refractivity contribution >= 4 is 31.6 Å². The van der Waals surface area contributed by atoms with Gasteiger partial charge in [-0.1, -0.05) is 29.5 Å². The molecule has 2 aromatic carbocycles. The van der Waals surface area contributed by atoms with Gasteiger partial charge in [0, 0.05) is 13.1 Å². The zero-order valence-electron chi connectivity index (χ0n) is 15.4. The molecule has 1 atom stereocenters. The molecule has 0 saturated carbocycles. The molecular weight excluding hydrogens is 380 g/mol. The molecule has 0 radical (unpaired) electrons. The Balaban J connectivity index is 1.62. The van der Waals surface area contributed by atoms with Crippen molar-refractivity contribution in [3.8, 4) is 0 Å². The van der Waals surface area contributed by atoms with E-state index in [0.29, 0.717) is 4.70 Å². The lowest BCUT2D eigenvalue weighted by atomic mass is 9.89. The first-order chi connectivity index (χ1) is 12.8. The van der Waals surface area contributed by atoms with Crippen molar-refractivity contribution in [2.24, 2.45) is 7.05 Å². The Labute approximate surface area is 162 Å². The predicted octanol–water partition coefficient (Wildman–Crippen LogP) is 3.52. The standard InChI is InChI=1S/C20H22N2O3S2/c1-13(15-8-7-14-5-3-4-6-16(14)11-15)21-27(24,25)17-9-10-18-19(12-17)26-20(23)22(18)2/h7-13,21H,3-6H2,1-2H3. The van der Waals surface area contributed by atoms with Crippen molar-refractivity contribution in [3.63, 3.8) is 0 Å². The van der Waals surface area contributed by atoms with Gasteiger partial charge in [-0.3, -0.25) is 4.79 Å². The smallest absolute Gasteiger partial charge is 0.302 e. The monoisotopic (exact) mass is 402 g/mol. The van der Waals surface area contributed by atoms with Gasteiger partial charge in [0.1, 0.15) is 0 Å². The molecular formula is C20H22N2O3S2. The van der Waals surface area contributed by atoms with Crippen molar-refractivity contribution in [2.45, 2.75) is 43.5 Å². The Hall–Kier alpha value is -1.96. The molecule has 1 aliphatic rings. The number of thiazole rings is 1. The summed E-state index contributed by atoms with van der Waals surface area (Å²) in [6.45, 7) is 1.86. The number of benzene rings is 2. The molecule has 1 heterocycles. The molecule has 142 valence electrons. The maximum atomic E-state index is 12.8. The van der Waals surface area contributed by atoms with Crippen LogP contribution in [0.2, 0.25) is 0 Å². The van der Waals surface area contributed by atoms with E-state index in [9.17, 15) is 13.2 Å². The van der Waals surface area contributed by atoms with E-state index in [0.717, 1.165) is 35.3 Å². The number of fused-ring (bicyclic) bond motifs is 2. The molecule has 5 nitrogen and oxygen atoms in total. The molecule has 1 aliphatic carbocycles. The fourth-order valence-electron chi connectivity index (χ4n) is 3.67. The van der Waals surface area contributed by atoms with Gasteiger partial charge in [-0.25, -0.2) is 13.1 Å². The van der Waals surface area contributed by atoms with Crippen LogP contribution in [0.5, 0.6) is 0 Å². The van der Waals surface area contributed by atoms with Crippen LogP contribution in [0.4, 0.5) is 0 Å². The van der Waals surface area contributed by atoms with Gasteiger partial charge in [0.2, 0.25) is 10.0 Å². The SMILES string of the molecule is CC(NS(=O)(=O)c1ccc2c(c1)sc(=O)n2C)c1ccc2c(c1)CCCC2. The third-order valence-electron chi connectivity index (χ3n) is 5.28. The fourth-order valence-corrected chi connectivity index (χ4v) is 5.92. The number of hydrogen-bond acceptors (Lipinski definition) is 4. The van der Waals surface area contributed by atoms with E-state index in [1.807, 2.05) is 13.0 Å². The summed E-state index contributed by atoms with van der Waals surface area (Å²) >= 11 is 1.05. The number of nitrogens with one attached hydrogen (secondary N) is 1. The lowest BCUT2D eigenvalue weighted by molar-refractivity contribution is 0.566. The average Bonchev–Trinajstić information content (AvgIpc) is 2.94. The third-order valence-corrected chi connectivity index (χ3v) is 7.81. The van der Waals surface area contributed by atoms with Crippen molar-refractivity contribution in [1.29, 1.82) is 0 Å². The molecule has 1 N–H and O–H groups in total. The first-order valence-corrected chi connectivity index (χ1v) is 11.4. The van der Waals surface area contributed by atoms with E-state index < -0.39 is 10.0 Å². The van der Waals surface area contributed by atoms with Gasteiger partial charge >= 0.3 is 4.87 Å². The second-order valence-corrected chi connectivity index (χ2v) is 9.84. The van der Waals surface area contributed by atoms with E-state index in [1.165, 1.54) is 28.5 Å². The van der Waals surface area contributed by atoms with E-state index in [-0.39, 0.29) is 15.8 Å². The van der Waals surface area contributed by atoms with Gasteiger partial charge in [-0.2, -0.15) is 0 Å². The van der Waals surface area contributed by atoms with Crippen LogP contribution in [0.1, 0.15) is 42.5 Å². The maximum Gasteiger partial charge on any atom is 0.307 e. The largest absolute Gasteiger partial charge is 0.307 e. The number of hydrogen-bond donors (Lipinski definition) is 1. The summed E-state index contributed by atoms with van der Waals surface area (Å²) in [5.41, 5.74) is 4.43. The lowest BCUT2D eigenvalue weighted by Crippen LogP contribution is -2.27. The van der Waals surface area contributed by atoms with Crippen LogP contribution in [-0.2, 0) is 29.9 Å². The highest BCUT2D eigenvalue weighted by Gasteiger charge is 2.21. The molecule has 1 aromatic heterocycles. The number of aromatic nitrogens is 1. The molecule has 27 heavy (non-hydrogen) atoms. The number of aryl methyl sites for hydroxylation is 3. The first-order valence-electron chi connectivity index (χ1n) is 9.09. The molecule has 0 fully saturated rings. The Morgan fingerprint density at radius 3 is 2.59 bits per heavy atom. The summed E-state index contributed by atoms with van der Waals surface area (Å²) < 4.78 is 30.7. The van der Waals surface area contributed by atoms with E-state index in [4.69, 9.17) is 0 Å². The minimum atomic E-state index is -3.68. The van der Waals surface area contributed by atoms with Crippen LogP contribution in [0.25, 0.3) is 10.2 Å². The number of nitrogens with zero attached hydrogens (tertiary/aromatic N) is 1. The summed E-state index contributed by atoms with van der Waals surface area (Å²) in [5.74, 6) is 0. The van der Waals surface area contributed by atoms with Gasteiger partial charge in [0.05, 0.1) is 15.1 Å². The minimum absolute atomic E-state index is 0.102. The van der Waals surface area contributed by atoms with Gasteiger partial charge in [-0.05, 0) is 67.5 Å². The van der Waals surface area contributed by atoms with Crippen LogP contribution < -0.4 is 9.60 Å². The zero-order valence-corrected chi connectivity index (χ0v) is 17.0. The first kappa shape index (κ1) is 18.4. The molecule has 4 rings (SSSR count). The molecule has 1 unspecified atom stereocenters. The topological polar surface area (TPSA) is 68.2 Å². The predicted molar refractivity (Wildman–Crippen MR) is 109 cm³/mol. The molecule has 0 amide bonds. The number of rotatable bonds is 4. The van der Waals surface area contributed by atoms with Crippen LogP contribution in [0.15, 0.2) is 46.1 Å². The van der Waals surface area contributed by atoms with Crippen molar-refractivity contribution in [3.05, 3.63) is 62.8 Å². The normalized spacial score (nSPS) is 15.6. The summed E-state index contributed by atoms with van der Waals surface area (Å²) in [6.07, 6.45) is 4.58. The lowest BCUT2D eigenvalue weighted by Gasteiger charge is -2.20. The van der Waals surface area contributed by atoms with Gasteiger partial charge in [0.15, 0.2) is 0 Å². The summed E-state index contributed by atoms with van der Waals surface area (Å²) in [5, 5.41) is 0. The summed E-state index contributed by atoms with van der Waals surface area (Å²) in [6, 6.07) is 10.8. The highest BCUT2D eigenvalue weighted by Crippen LogP contribution is 2.26. The van der Waals surface area contributed by atoms with Crippen LogP contribution in [0, 0.1) is 0 Å². The molecule has 3 aromatic rings. The Morgan fingerprint density at radius 2 is 1.81 bits per heavy atom. The highest BCUT2D eigenvalue weighted by molar-refractivity contribution is 7.89. The average molecular weight is 403 g/mol. The minimum Gasteiger partial charge on any atom is -0.302 e. The van der Waals surface area contributed by atoms with E-state index in [2.05, 4.69) is 16.9 Å². The molecule has 0 spiro atoms. The third kappa shape index (κ3) is 3.47. The van der Waals surface area contributed by atoms with Crippen molar-refractivity contribution in [2.75, 3.05) is 0 Å². The van der Waals surface area contributed by atoms with Gasteiger partial charge in [-0.15, -0.1) is 0 Å². The zero-order chi connectivity index (χ0) is 19.2. The maximum absolute atomic E-state index is 12.8. The molecule has 0 bridgehead atoms. The quantitative estimate of drug-likeness (QED) is 0.726. The summed E-state index contributed by atoms with van der Waals surface area (Å²) in [7, 11) is -1.99. The van der Waals surface area contributed by atoms with E-state index >= 15 is 0 Å².